The molecule has 0 amide bonds. The van der Waals surface area contributed by atoms with Crippen LogP contribution in [0.5, 0.6) is 0 Å². The van der Waals surface area contributed by atoms with Gasteiger partial charge in [-0.1, -0.05) is 60.7 Å². The average molecular weight is 381 g/mol. The SMILES string of the molecule is COC(c1ccccc1)c1cc(C(=O)OCc2ccccc2)c(N(C)C)s1. The van der Waals surface area contributed by atoms with E-state index in [1.54, 1.807) is 18.4 Å². The first-order valence-electron chi connectivity index (χ1n) is 8.70. The molecule has 3 rings (SSSR count). The van der Waals surface area contributed by atoms with Gasteiger partial charge in [-0.25, -0.2) is 4.79 Å². The van der Waals surface area contributed by atoms with Crippen molar-refractivity contribution in [3.63, 3.8) is 0 Å². The van der Waals surface area contributed by atoms with E-state index in [4.69, 9.17) is 9.47 Å². The lowest BCUT2D eigenvalue weighted by Gasteiger charge is -2.14. The van der Waals surface area contributed by atoms with E-state index >= 15 is 0 Å². The number of ether oxygens (including phenoxy) is 2. The van der Waals surface area contributed by atoms with Crippen LogP contribution in [-0.2, 0) is 16.1 Å². The number of hydrogen-bond acceptors (Lipinski definition) is 5. The lowest BCUT2D eigenvalue weighted by Crippen LogP contribution is -2.13. The second-order valence-electron chi connectivity index (χ2n) is 6.35. The number of carbonyl (C=O) groups excluding carboxylic acids is 1. The number of thiophene rings is 1. The molecule has 1 unspecified atom stereocenters. The van der Waals surface area contributed by atoms with Crippen LogP contribution in [0.25, 0.3) is 0 Å². The Kier molecular flexibility index (Phi) is 6.27. The van der Waals surface area contributed by atoms with E-state index in [2.05, 4.69) is 0 Å². The number of methoxy groups -OCH3 is 1. The van der Waals surface area contributed by atoms with Crippen LogP contribution in [0.4, 0.5) is 5.00 Å². The van der Waals surface area contributed by atoms with Crippen LogP contribution in [0, 0.1) is 0 Å². The molecule has 0 saturated carbocycles. The van der Waals surface area contributed by atoms with Gasteiger partial charge in [-0.05, 0) is 17.2 Å². The summed E-state index contributed by atoms with van der Waals surface area (Å²) in [6.45, 7) is 0.254. The maximum Gasteiger partial charge on any atom is 0.341 e. The molecule has 0 fully saturated rings. The molecule has 27 heavy (non-hydrogen) atoms. The highest BCUT2D eigenvalue weighted by Gasteiger charge is 2.24. The van der Waals surface area contributed by atoms with Gasteiger partial charge in [0.05, 0.1) is 5.56 Å². The second kappa shape index (κ2) is 8.84. The largest absolute Gasteiger partial charge is 0.457 e. The molecule has 0 aliphatic heterocycles. The first-order valence-corrected chi connectivity index (χ1v) is 9.51. The van der Waals surface area contributed by atoms with Crippen LogP contribution in [-0.4, -0.2) is 27.2 Å². The first kappa shape index (κ1) is 19.1. The van der Waals surface area contributed by atoms with E-state index in [1.165, 1.54) is 0 Å². The van der Waals surface area contributed by atoms with E-state index in [0.717, 1.165) is 21.0 Å². The first-order chi connectivity index (χ1) is 13.1. The molecule has 3 aromatic rings. The molecule has 0 N–H and O–H groups in total. The molecule has 0 saturated heterocycles. The van der Waals surface area contributed by atoms with Crippen molar-refractivity contribution in [3.8, 4) is 0 Å². The van der Waals surface area contributed by atoms with Crippen molar-refractivity contribution < 1.29 is 14.3 Å². The van der Waals surface area contributed by atoms with Crippen LogP contribution >= 0.6 is 11.3 Å². The zero-order chi connectivity index (χ0) is 19.2. The fourth-order valence-corrected chi connectivity index (χ4v) is 4.03. The smallest absolute Gasteiger partial charge is 0.341 e. The number of benzene rings is 2. The van der Waals surface area contributed by atoms with E-state index in [-0.39, 0.29) is 18.7 Å². The van der Waals surface area contributed by atoms with E-state index in [0.29, 0.717) is 5.56 Å². The lowest BCUT2D eigenvalue weighted by molar-refractivity contribution is 0.0474. The summed E-state index contributed by atoms with van der Waals surface area (Å²) >= 11 is 1.55. The van der Waals surface area contributed by atoms with Crippen LogP contribution in [0.3, 0.4) is 0 Å². The van der Waals surface area contributed by atoms with E-state index in [1.807, 2.05) is 85.7 Å². The number of nitrogens with zero attached hydrogens (tertiary/aromatic N) is 1. The average Bonchev–Trinajstić information content (AvgIpc) is 3.14. The Hall–Kier alpha value is -2.63. The van der Waals surface area contributed by atoms with Crippen molar-refractivity contribution in [1.29, 1.82) is 0 Å². The van der Waals surface area contributed by atoms with E-state index < -0.39 is 0 Å². The molecule has 0 aliphatic rings. The number of esters is 1. The molecule has 0 aliphatic carbocycles. The molecule has 0 spiro atoms. The fraction of sp³-hybridized carbons (Fsp3) is 0.227. The molecule has 5 heteroatoms. The highest BCUT2D eigenvalue weighted by Crippen LogP contribution is 2.38. The van der Waals surface area contributed by atoms with Gasteiger partial charge >= 0.3 is 5.97 Å². The predicted molar refractivity (Wildman–Crippen MR) is 110 cm³/mol. The number of rotatable bonds is 7. The van der Waals surface area contributed by atoms with Crippen molar-refractivity contribution in [3.05, 3.63) is 88.3 Å². The Morgan fingerprint density at radius 2 is 1.67 bits per heavy atom. The molecular weight excluding hydrogens is 358 g/mol. The zero-order valence-electron chi connectivity index (χ0n) is 15.7. The minimum absolute atomic E-state index is 0.217. The van der Waals surface area contributed by atoms with Crippen molar-refractivity contribution >= 4 is 22.3 Å². The standard InChI is InChI=1S/C22H23NO3S/c1-23(2)21-18(22(24)26-15-16-10-6-4-7-11-16)14-19(27-21)20(25-3)17-12-8-5-9-13-17/h4-14,20H,15H2,1-3H3. The van der Waals surface area contributed by atoms with Crippen molar-refractivity contribution in [2.45, 2.75) is 12.7 Å². The maximum atomic E-state index is 12.7. The molecular formula is C22H23NO3S. The van der Waals surface area contributed by atoms with Crippen molar-refractivity contribution in [2.75, 3.05) is 26.1 Å². The van der Waals surface area contributed by atoms with Gasteiger partial charge in [-0.2, -0.15) is 0 Å². The van der Waals surface area contributed by atoms with Crippen LogP contribution in [0.2, 0.25) is 0 Å². The van der Waals surface area contributed by atoms with E-state index in [9.17, 15) is 4.79 Å². The quantitative estimate of drug-likeness (QED) is 0.545. The van der Waals surface area contributed by atoms with Crippen molar-refractivity contribution in [2.24, 2.45) is 0 Å². The molecule has 0 bridgehead atoms. The van der Waals surface area contributed by atoms with Crippen molar-refractivity contribution in [1.82, 2.24) is 0 Å². The number of carbonyl (C=O) groups is 1. The summed E-state index contributed by atoms with van der Waals surface area (Å²) in [6, 6.07) is 21.6. The molecule has 1 atom stereocenters. The Morgan fingerprint density at radius 3 is 2.26 bits per heavy atom. The zero-order valence-corrected chi connectivity index (χ0v) is 16.5. The minimum atomic E-state index is -0.326. The Labute approximate surface area is 164 Å². The van der Waals surface area contributed by atoms with Gasteiger partial charge < -0.3 is 14.4 Å². The molecule has 4 nitrogen and oxygen atoms in total. The third-order valence-corrected chi connectivity index (χ3v) is 5.51. The van der Waals surface area contributed by atoms with Crippen LogP contribution < -0.4 is 4.90 Å². The summed E-state index contributed by atoms with van der Waals surface area (Å²) in [4.78, 5) is 15.6. The van der Waals surface area contributed by atoms with Gasteiger partial charge in [0.25, 0.3) is 0 Å². The maximum absolute atomic E-state index is 12.7. The summed E-state index contributed by atoms with van der Waals surface area (Å²) in [5, 5.41) is 0.862. The molecule has 1 heterocycles. The third kappa shape index (κ3) is 4.56. The highest BCUT2D eigenvalue weighted by atomic mass is 32.1. The molecule has 1 aromatic heterocycles. The van der Waals surface area contributed by atoms with Crippen LogP contribution in [0.1, 0.15) is 32.5 Å². The third-order valence-electron chi connectivity index (χ3n) is 4.17. The van der Waals surface area contributed by atoms with Gasteiger partial charge in [0.15, 0.2) is 0 Å². The van der Waals surface area contributed by atoms with Gasteiger partial charge in [-0.3, -0.25) is 0 Å². The highest BCUT2D eigenvalue weighted by molar-refractivity contribution is 7.16. The summed E-state index contributed by atoms with van der Waals surface area (Å²) < 4.78 is 11.3. The van der Waals surface area contributed by atoms with Gasteiger partial charge in [0.1, 0.15) is 17.7 Å². The van der Waals surface area contributed by atoms with Gasteiger partial charge in [0.2, 0.25) is 0 Å². The normalized spacial score (nSPS) is 11.8. The Morgan fingerprint density at radius 1 is 1.04 bits per heavy atom. The topological polar surface area (TPSA) is 38.8 Å². The monoisotopic (exact) mass is 381 g/mol. The second-order valence-corrected chi connectivity index (χ2v) is 7.41. The number of hydrogen-bond donors (Lipinski definition) is 0. The molecule has 2 aromatic carbocycles. The summed E-state index contributed by atoms with van der Waals surface area (Å²) in [7, 11) is 5.53. The summed E-state index contributed by atoms with van der Waals surface area (Å²) in [5.74, 6) is -0.326. The Balaban J connectivity index is 1.85. The minimum Gasteiger partial charge on any atom is -0.457 e. The Bertz CT molecular complexity index is 875. The molecule has 0 radical (unpaired) electrons. The fourth-order valence-electron chi connectivity index (χ4n) is 2.85. The molecule has 140 valence electrons. The summed E-state index contributed by atoms with van der Waals surface area (Å²) in [5.41, 5.74) is 2.58. The van der Waals surface area contributed by atoms with Gasteiger partial charge in [-0.15, -0.1) is 11.3 Å². The lowest BCUT2D eigenvalue weighted by atomic mass is 10.1. The van der Waals surface area contributed by atoms with Gasteiger partial charge in [0, 0.05) is 26.1 Å². The predicted octanol–water partition coefficient (Wildman–Crippen LogP) is 4.91. The summed E-state index contributed by atoms with van der Waals surface area (Å²) in [6.07, 6.45) is -0.217. The number of anilines is 1. The van der Waals surface area contributed by atoms with Crippen LogP contribution in [0.15, 0.2) is 66.7 Å².